The molecule has 0 unspecified atom stereocenters. The van der Waals surface area contributed by atoms with Crippen molar-refractivity contribution in [3.05, 3.63) is 48.3 Å². The van der Waals surface area contributed by atoms with Gasteiger partial charge in [0.25, 0.3) is 0 Å². The first kappa shape index (κ1) is 13.4. The molecule has 0 saturated heterocycles. The van der Waals surface area contributed by atoms with Gasteiger partial charge in [0.2, 0.25) is 0 Å². The van der Waals surface area contributed by atoms with Gasteiger partial charge in [0.05, 0.1) is 24.7 Å². The molecular formula is C15H19N3O. The van der Waals surface area contributed by atoms with Crippen molar-refractivity contribution >= 4 is 11.4 Å². The lowest BCUT2D eigenvalue weighted by Crippen LogP contribution is -2.11. The van der Waals surface area contributed by atoms with Gasteiger partial charge in [-0.1, -0.05) is 6.07 Å². The van der Waals surface area contributed by atoms with E-state index in [4.69, 9.17) is 10.5 Å². The Kier molecular flexibility index (Phi) is 4.02. The number of nitrogens with two attached hydrogens (primary N) is 1. The van der Waals surface area contributed by atoms with Crippen molar-refractivity contribution in [1.82, 2.24) is 4.98 Å². The number of hydrogen-bond acceptors (Lipinski definition) is 4. The van der Waals surface area contributed by atoms with E-state index in [0.717, 1.165) is 22.8 Å². The van der Waals surface area contributed by atoms with Gasteiger partial charge in [0.1, 0.15) is 5.75 Å². The maximum atomic E-state index is 5.80. The summed E-state index contributed by atoms with van der Waals surface area (Å²) in [6.07, 6.45) is 1.83. The standard InChI is InChI=1S/C15H19N3O/c1-11(16)15-8-7-13(10-17-15)18(2)12-5-4-6-14(9-12)19-3/h4-11H,16H2,1-3H3/t11-/m1/s1. The van der Waals surface area contributed by atoms with E-state index in [1.165, 1.54) is 0 Å². The second-order valence-corrected chi connectivity index (χ2v) is 4.49. The summed E-state index contributed by atoms with van der Waals surface area (Å²) in [6.45, 7) is 1.92. The number of anilines is 2. The SMILES string of the molecule is COc1cccc(N(C)c2ccc([C@@H](C)N)nc2)c1. The van der Waals surface area contributed by atoms with Gasteiger partial charge < -0.3 is 15.4 Å². The molecule has 1 heterocycles. The summed E-state index contributed by atoms with van der Waals surface area (Å²) >= 11 is 0. The van der Waals surface area contributed by atoms with Gasteiger partial charge in [0, 0.05) is 24.8 Å². The normalized spacial score (nSPS) is 12.0. The number of pyridine rings is 1. The monoisotopic (exact) mass is 257 g/mol. The number of aromatic nitrogens is 1. The Hall–Kier alpha value is -2.07. The summed E-state index contributed by atoms with van der Waals surface area (Å²) in [5, 5.41) is 0. The Morgan fingerprint density at radius 2 is 2.00 bits per heavy atom. The van der Waals surface area contributed by atoms with E-state index in [9.17, 15) is 0 Å². The zero-order valence-corrected chi connectivity index (χ0v) is 11.5. The van der Waals surface area contributed by atoms with Crippen molar-refractivity contribution in [3.63, 3.8) is 0 Å². The van der Waals surface area contributed by atoms with E-state index in [-0.39, 0.29) is 6.04 Å². The Morgan fingerprint density at radius 3 is 2.58 bits per heavy atom. The highest BCUT2D eigenvalue weighted by atomic mass is 16.5. The Balaban J connectivity index is 2.25. The lowest BCUT2D eigenvalue weighted by molar-refractivity contribution is 0.415. The molecule has 4 nitrogen and oxygen atoms in total. The smallest absolute Gasteiger partial charge is 0.120 e. The number of nitrogens with zero attached hydrogens (tertiary/aromatic N) is 2. The summed E-state index contributed by atoms with van der Waals surface area (Å²) in [7, 11) is 3.66. The van der Waals surface area contributed by atoms with E-state index in [1.807, 2.05) is 56.6 Å². The second kappa shape index (κ2) is 5.71. The summed E-state index contributed by atoms with van der Waals surface area (Å²) < 4.78 is 5.23. The molecule has 2 rings (SSSR count). The predicted molar refractivity (Wildman–Crippen MR) is 77.9 cm³/mol. The van der Waals surface area contributed by atoms with Crippen LogP contribution in [0, 0.1) is 0 Å². The van der Waals surface area contributed by atoms with Gasteiger partial charge in [-0.2, -0.15) is 0 Å². The minimum Gasteiger partial charge on any atom is -0.497 e. The van der Waals surface area contributed by atoms with Crippen molar-refractivity contribution in [2.24, 2.45) is 5.73 Å². The van der Waals surface area contributed by atoms with Gasteiger partial charge in [-0.15, -0.1) is 0 Å². The minimum atomic E-state index is -0.0452. The van der Waals surface area contributed by atoms with E-state index in [1.54, 1.807) is 7.11 Å². The van der Waals surface area contributed by atoms with Crippen molar-refractivity contribution in [2.45, 2.75) is 13.0 Å². The third-order valence-electron chi connectivity index (χ3n) is 3.07. The number of hydrogen-bond donors (Lipinski definition) is 1. The molecule has 1 atom stereocenters. The topological polar surface area (TPSA) is 51.4 Å². The average molecular weight is 257 g/mol. The molecule has 4 heteroatoms. The highest BCUT2D eigenvalue weighted by molar-refractivity contribution is 5.63. The molecule has 0 saturated carbocycles. The fourth-order valence-electron chi connectivity index (χ4n) is 1.83. The Bertz CT molecular complexity index is 537. The van der Waals surface area contributed by atoms with Gasteiger partial charge in [0.15, 0.2) is 0 Å². The predicted octanol–water partition coefficient (Wildman–Crippen LogP) is 2.88. The van der Waals surface area contributed by atoms with Crippen LogP contribution in [0.4, 0.5) is 11.4 Å². The molecule has 0 amide bonds. The fourth-order valence-corrected chi connectivity index (χ4v) is 1.83. The molecule has 0 aliphatic heterocycles. The lowest BCUT2D eigenvalue weighted by Gasteiger charge is -2.20. The first-order chi connectivity index (χ1) is 9.11. The molecule has 0 aliphatic carbocycles. The highest BCUT2D eigenvalue weighted by Crippen LogP contribution is 2.26. The molecule has 100 valence electrons. The van der Waals surface area contributed by atoms with E-state index < -0.39 is 0 Å². The molecule has 1 aromatic carbocycles. The van der Waals surface area contributed by atoms with Crippen molar-refractivity contribution < 1.29 is 4.74 Å². The Labute approximate surface area is 113 Å². The van der Waals surface area contributed by atoms with Crippen LogP contribution in [0.1, 0.15) is 18.7 Å². The molecule has 19 heavy (non-hydrogen) atoms. The van der Waals surface area contributed by atoms with Crippen LogP contribution in [0.5, 0.6) is 5.75 Å². The third kappa shape index (κ3) is 3.03. The van der Waals surface area contributed by atoms with E-state index in [2.05, 4.69) is 9.88 Å². The zero-order valence-electron chi connectivity index (χ0n) is 11.5. The van der Waals surface area contributed by atoms with Crippen molar-refractivity contribution in [3.8, 4) is 5.75 Å². The summed E-state index contributed by atoms with van der Waals surface area (Å²) in [5.41, 5.74) is 8.75. The van der Waals surface area contributed by atoms with Crippen LogP contribution in [0.3, 0.4) is 0 Å². The van der Waals surface area contributed by atoms with Gasteiger partial charge >= 0.3 is 0 Å². The molecule has 0 spiro atoms. The third-order valence-corrected chi connectivity index (χ3v) is 3.07. The maximum Gasteiger partial charge on any atom is 0.120 e. The first-order valence-corrected chi connectivity index (χ1v) is 6.21. The zero-order chi connectivity index (χ0) is 13.8. The molecule has 2 N–H and O–H groups in total. The van der Waals surface area contributed by atoms with Crippen LogP contribution in [-0.4, -0.2) is 19.1 Å². The van der Waals surface area contributed by atoms with E-state index >= 15 is 0 Å². The molecule has 1 aromatic heterocycles. The second-order valence-electron chi connectivity index (χ2n) is 4.49. The number of rotatable bonds is 4. The number of ether oxygens (including phenoxy) is 1. The van der Waals surface area contributed by atoms with Crippen LogP contribution in [0.2, 0.25) is 0 Å². The first-order valence-electron chi connectivity index (χ1n) is 6.21. The molecule has 0 aliphatic rings. The number of methoxy groups -OCH3 is 1. The molecule has 0 bridgehead atoms. The maximum absolute atomic E-state index is 5.80. The quantitative estimate of drug-likeness (QED) is 0.915. The van der Waals surface area contributed by atoms with Gasteiger partial charge in [-0.05, 0) is 31.2 Å². The number of benzene rings is 1. The summed E-state index contributed by atoms with van der Waals surface area (Å²) in [6, 6.07) is 11.8. The summed E-state index contributed by atoms with van der Waals surface area (Å²) in [5.74, 6) is 0.838. The van der Waals surface area contributed by atoms with Crippen LogP contribution in [-0.2, 0) is 0 Å². The highest BCUT2D eigenvalue weighted by Gasteiger charge is 2.07. The van der Waals surface area contributed by atoms with Crippen molar-refractivity contribution in [1.29, 1.82) is 0 Å². The lowest BCUT2D eigenvalue weighted by atomic mass is 10.2. The van der Waals surface area contributed by atoms with Crippen LogP contribution in [0.25, 0.3) is 0 Å². The van der Waals surface area contributed by atoms with Crippen LogP contribution >= 0.6 is 0 Å². The minimum absolute atomic E-state index is 0.0452. The van der Waals surface area contributed by atoms with Gasteiger partial charge in [-0.3, -0.25) is 4.98 Å². The van der Waals surface area contributed by atoms with Gasteiger partial charge in [-0.25, -0.2) is 0 Å². The molecular weight excluding hydrogens is 238 g/mol. The van der Waals surface area contributed by atoms with Crippen LogP contribution in [0.15, 0.2) is 42.6 Å². The average Bonchev–Trinajstić information content (AvgIpc) is 2.46. The largest absolute Gasteiger partial charge is 0.497 e. The Morgan fingerprint density at radius 1 is 1.21 bits per heavy atom. The fraction of sp³-hybridized carbons (Fsp3) is 0.267. The van der Waals surface area contributed by atoms with Crippen molar-refractivity contribution in [2.75, 3.05) is 19.1 Å². The van der Waals surface area contributed by atoms with Crippen LogP contribution < -0.4 is 15.4 Å². The van der Waals surface area contributed by atoms with E-state index in [0.29, 0.717) is 0 Å². The molecule has 2 aromatic rings. The molecule has 0 radical (unpaired) electrons. The molecule has 0 fully saturated rings. The summed E-state index contributed by atoms with van der Waals surface area (Å²) in [4.78, 5) is 6.43.